The van der Waals surface area contributed by atoms with Crippen molar-refractivity contribution >= 4 is 15.9 Å². The minimum absolute atomic E-state index is 0.00369. The first-order valence-corrected chi connectivity index (χ1v) is 5.81. The highest BCUT2D eigenvalue weighted by molar-refractivity contribution is 9.10. The first-order chi connectivity index (χ1) is 7.17. The van der Waals surface area contributed by atoms with Gasteiger partial charge in [-0.2, -0.15) is 5.26 Å². The van der Waals surface area contributed by atoms with E-state index in [-0.39, 0.29) is 6.04 Å². The summed E-state index contributed by atoms with van der Waals surface area (Å²) in [6.07, 6.45) is 0.862. The fraction of sp³-hybridized carbons (Fsp3) is 0.417. The quantitative estimate of drug-likeness (QED) is 0.837. The molecule has 0 aliphatic rings. The van der Waals surface area contributed by atoms with Crippen molar-refractivity contribution in [3.8, 4) is 6.07 Å². The number of hydrogen-bond donors (Lipinski definition) is 0. The van der Waals surface area contributed by atoms with Crippen LogP contribution in [0.2, 0.25) is 0 Å². The average molecular weight is 267 g/mol. The Morgan fingerprint density at radius 3 is 2.80 bits per heavy atom. The van der Waals surface area contributed by atoms with Crippen LogP contribution >= 0.6 is 15.9 Å². The number of rotatable bonds is 4. The van der Waals surface area contributed by atoms with Crippen molar-refractivity contribution in [2.24, 2.45) is 0 Å². The Bertz CT molecular complexity index is 357. The Morgan fingerprint density at radius 2 is 2.27 bits per heavy atom. The molecule has 0 radical (unpaired) electrons. The van der Waals surface area contributed by atoms with Crippen molar-refractivity contribution in [1.82, 2.24) is 4.90 Å². The summed E-state index contributed by atoms with van der Waals surface area (Å²) in [4.78, 5) is 2.07. The molecule has 1 aromatic carbocycles. The third-order valence-corrected chi connectivity index (χ3v) is 2.88. The van der Waals surface area contributed by atoms with E-state index in [0.717, 1.165) is 17.4 Å². The molecule has 0 bridgehead atoms. The highest BCUT2D eigenvalue weighted by Crippen LogP contribution is 2.14. The molecule has 0 amide bonds. The number of benzene rings is 1. The molecule has 1 rings (SSSR count). The first kappa shape index (κ1) is 12.2. The number of hydrogen-bond acceptors (Lipinski definition) is 2. The molecule has 0 aliphatic heterocycles. The molecule has 0 saturated carbocycles. The van der Waals surface area contributed by atoms with Gasteiger partial charge in [0.25, 0.3) is 0 Å². The van der Waals surface area contributed by atoms with E-state index in [1.165, 1.54) is 5.56 Å². The molecule has 0 N–H and O–H groups in total. The lowest BCUT2D eigenvalue weighted by Crippen LogP contribution is -2.29. The van der Waals surface area contributed by atoms with E-state index in [1.807, 2.05) is 26.1 Å². The maximum absolute atomic E-state index is 8.93. The van der Waals surface area contributed by atoms with E-state index < -0.39 is 0 Å². The zero-order chi connectivity index (χ0) is 11.3. The molecule has 0 aliphatic carbocycles. The van der Waals surface area contributed by atoms with Crippen LogP contribution in [-0.2, 0) is 6.54 Å². The van der Waals surface area contributed by atoms with Gasteiger partial charge in [-0.25, -0.2) is 0 Å². The van der Waals surface area contributed by atoms with Gasteiger partial charge < -0.3 is 0 Å². The van der Waals surface area contributed by atoms with Crippen LogP contribution in [0.1, 0.15) is 18.9 Å². The fourth-order valence-electron chi connectivity index (χ4n) is 1.54. The van der Waals surface area contributed by atoms with Crippen LogP contribution in [0.15, 0.2) is 28.7 Å². The number of nitrogens with zero attached hydrogens (tertiary/aromatic N) is 2. The van der Waals surface area contributed by atoms with Gasteiger partial charge in [0.1, 0.15) is 0 Å². The fourth-order valence-corrected chi connectivity index (χ4v) is 1.98. The second-order valence-corrected chi connectivity index (χ2v) is 4.51. The summed E-state index contributed by atoms with van der Waals surface area (Å²) in [5.41, 5.74) is 1.22. The summed E-state index contributed by atoms with van der Waals surface area (Å²) in [5.74, 6) is 0. The molecule has 0 heterocycles. The molecule has 1 unspecified atom stereocenters. The van der Waals surface area contributed by atoms with E-state index in [1.54, 1.807) is 0 Å². The second-order valence-electron chi connectivity index (χ2n) is 3.60. The monoisotopic (exact) mass is 266 g/mol. The summed E-state index contributed by atoms with van der Waals surface area (Å²) < 4.78 is 1.08. The molecule has 0 aromatic heterocycles. The molecule has 0 fully saturated rings. The molecule has 80 valence electrons. The molecule has 1 atom stereocenters. The maximum atomic E-state index is 8.93. The summed E-state index contributed by atoms with van der Waals surface area (Å²) in [6, 6.07) is 10.5. The highest BCUT2D eigenvalue weighted by atomic mass is 79.9. The minimum atomic E-state index is 0.00369. The van der Waals surface area contributed by atoms with E-state index in [9.17, 15) is 0 Å². The first-order valence-electron chi connectivity index (χ1n) is 5.01. The third-order valence-electron chi connectivity index (χ3n) is 2.39. The molecular formula is C12H15BrN2. The lowest BCUT2D eigenvalue weighted by atomic mass is 10.1. The summed E-state index contributed by atoms with van der Waals surface area (Å²) >= 11 is 3.44. The lowest BCUT2D eigenvalue weighted by molar-refractivity contribution is 0.273. The normalized spacial score (nSPS) is 12.5. The number of nitriles is 1. The maximum Gasteiger partial charge on any atom is 0.0975 e. The molecular weight excluding hydrogens is 252 g/mol. The topological polar surface area (TPSA) is 27.0 Å². The molecule has 15 heavy (non-hydrogen) atoms. The summed E-state index contributed by atoms with van der Waals surface area (Å²) in [6.45, 7) is 2.84. The van der Waals surface area contributed by atoms with Crippen molar-refractivity contribution in [2.45, 2.75) is 25.9 Å². The van der Waals surface area contributed by atoms with Gasteiger partial charge in [0.15, 0.2) is 0 Å². The van der Waals surface area contributed by atoms with E-state index >= 15 is 0 Å². The van der Waals surface area contributed by atoms with Crippen LogP contribution in [0.5, 0.6) is 0 Å². The summed E-state index contributed by atoms with van der Waals surface area (Å²) in [7, 11) is 1.98. The van der Waals surface area contributed by atoms with Crippen LogP contribution < -0.4 is 0 Å². The van der Waals surface area contributed by atoms with Crippen molar-refractivity contribution in [1.29, 1.82) is 5.26 Å². The van der Waals surface area contributed by atoms with E-state index in [4.69, 9.17) is 5.26 Å². The van der Waals surface area contributed by atoms with Crippen LogP contribution in [0, 0.1) is 11.3 Å². The Hall–Kier alpha value is -0.850. The van der Waals surface area contributed by atoms with Crippen LogP contribution in [0.3, 0.4) is 0 Å². The van der Waals surface area contributed by atoms with Crippen LogP contribution in [-0.4, -0.2) is 18.0 Å². The van der Waals surface area contributed by atoms with Crippen molar-refractivity contribution in [3.05, 3.63) is 34.3 Å². The van der Waals surface area contributed by atoms with Crippen molar-refractivity contribution < 1.29 is 0 Å². The second kappa shape index (κ2) is 5.89. The zero-order valence-corrected chi connectivity index (χ0v) is 10.7. The summed E-state index contributed by atoms with van der Waals surface area (Å²) in [5, 5.41) is 8.93. The van der Waals surface area contributed by atoms with Crippen LogP contribution in [0.25, 0.3) is 0 Å². The Morgan fingerprint density at radius 1 is 1.53 bits per heavy atom. The van der Waals surface area contributed by atoms with Crippen molar-refractivity contribution in [2.75, 3.05) is 7.05 Å². The molecule has 0 spiro atoms. The van der Waals surface area contributed by atoms with Gasteiger partial charge in [-0.05, 0) is 31.2 Å². The molecule has 3 heteroatoms. The Labute approximate surface area is 99.6 Å². The van der Waals surface area contributed by atoms with Crippen LogP contribution in [0.4, 0.5) is 0 Å². The zero-order valence-electron chi connectivity index (χ0n) is 9.07. The van der Waals surface area contributed by atoms with Gasteiger partial charge in [-0.3, -0.25) is 4.90 Å². The number of halogens is 1. The van der Waals surface area contributed by atoms with Gasteiger partial charge in [0, 0.05) is 11.0 Å². The van der Waals surface area contributed by atoms with E-state index in [0.29, 0.717) is 0 Å². The SMILES string of the molecule is CCC(C#N)N(C)Cc1cccc(Br)c1. The van der Waals surface area contributed by atoms with Crippen molar-refractivity contribution in [3.63, 3.8) is 0 Å². The molecule has 2 nitrogen and oxygen atoms in total. The highest BCUT2D eigenvalue weighted by Gasteiger charge is 2.11. The van der Waals surface area contributed by atoms with Gasteiger partial charge in [0.2, 0.25) is 0 Å². The van der Waals surface area contributed by atoms with E-state index in [2.05, 4.69) is 39.0 Å². The lowest BCUT2D eigenvalue weighted by Gasteiger charge is -2.21. The average Bonchev–Trinajstić information content (AvgIpc) is 2.19. The Balaban J connectivity index is 2.66. The standard InChI is InChI=1S/C12H15BrN2/c1-3-12(8-14)15(2)9-10-5-4-6-11(13)7-10/h4-7,12H,3,9H2,1-2H3. The molecule has 1 aromatic rings. The third kappa shape index (κ3) is 3.65. The van der Waals surface area contributed by atoms with Gasteiger partial charge in [0.05, 0.1) is 12.1 Å². The Kier molecular flexibility index (Phi) is 4.80. The van der Waals surface area contributed by atoms with Gasteiger partial charge >= 0.3 is 0 Å². The smallest absolute Gasteiger partial charge is 0.0975 e. The predicted octanol–water partition coefficient (Wildman–Crippen LogP) is 3.18. The minimum Gasteiger partial charge on any atom is -0.287 e. The van der Waals surface area contributed by atoms with Gasteiger partial charge in [-0.15, -0.1) is 0 Å². The largest absolute Gasteiger partial charge is 0.287 e. The predicted molar refractivity (Wildman–Crippen MR) is 65.3 cm³/mol. The van der Waals surface area contributed by atoms with Gasteiger partial charge in [-0.1, -0.05) is 35.0 Å². The molecule has 0 saturated heterocycles.